The minimum absolute atomic E-state index is 0.427. The molecule has 0 aliphatic carbocycles. The quantitative estimate of drug-likeness (QED) is 0.742. The number of hydrogen-bond donors (Lipinski definition) is 1. The molecule has 3 rings (SSSR count). The van der Waals surface area contributed by atoms with E-state index in [1.807, 2.05) is 55.0 Å². The van der Waals surface area contributed by atoms with Crippen LogP contribution < -0.4 is 10.5 Å². The molecule has 1 unspecified atom stereocenters. The van der Waals surface area contributed by atoms with Crippen LogP contribution in [0.4, 0.5) is 5.69 Å². The first-order valence-corrected chi connectivity index (χ1v) is 7.60. The van der Waals surface area contributed by atoms with E-state index in [0.717, 1.165) is 17.9 Å². The van der Waals surface area contributed by atoms with E-state index in [9.17, 15) is 0 Å². The lowest BCUT2D eigenvalue weighted by Crippen LogP contribution is -2.05. The normalized spacial score (nSPS) is 11.2. The monoisotopic (exact) mass is 309 g/mol. The molecule has 23 heavy (non-hydrogen) atoms. The molecule has 0 saturated heterocycles. The van der Waals surface area contributed by atoms with Crippen LogP contribution in [0, 0.1) is 0 Å². The molecule has 4 heteroatoms. The Morgan fingerprint density at radius 1 is 1.09 bits per heavy atom. The van der Waals surface area contributed by atoms with Gasteiger partial charge in [-0.05, 0) is 43.2 Å². The Morgan fingerprint density at radius 2 is 1.78 bits per heavy atom. The van der Waals surface area contributed by atoms with Gasteiger partial charge in [0.25, 0.3) is 0 Å². The molecule has 1 atom stereocenters. The van der Waals surface area contributed by atoms with Gasteiger partial charge in [-0.2, -0.15) is 0 Å². The van der Waals surface area contributed by atoms with Gasteiger partial charge in [-0.3, -0.25) is 0 Å². The Kier molecular flexibility index (Phi) is 6.24. The number of aromatic nitrogens is 2. The van der Waals surface area contributed by atoms with Crippen molar-refractivity contribution in [1.29, 1.82) is 0 Å². The number of methoxy groups -OCH3 is 1. The molecule has 0 radical (unpaired) electrons. The number of imidazole rings is 1. The van der Waals surface area contributed by atoms with E-state index in [4.69, 9.17) is 10.5 Å². The maximum Gasteiger partial charge on any atom is 0.118 e. The average Bonchev–Trinajstić information content (AvgIpc) is 3.13. The number of nitrogens with two attached hydrogens (primary N) is 1. The largest absolute Gasteiger partial charge is 0.497 e. The number of hydrogen-bond acceptors (Lipinski definition) is 3. The highest BCUT2D eigenvalue weighted by Gasteiger charge is 2.04. The molecule has 0 aliphatic heterocycles. The van der Waals surface area contributed by atoms with Gasteiger partial charge in [0.1, 0.15) is 5.75 Å². The molecule has 120 valence electrons. The lowest BCUT2D eigenvalue weighted by molar-refractivity contribution is 0.415. The first-order chi connectivity index (χ1) is 11.2. The van der Waals surface area contributed by atoms with E-state index in [-0.39, 0.29) is 0 Å². The second-order valence-corrected chi connectivity index (χ2v) is 5.32. The Labute approximate surface area is 137 Å². The zero-order valence-corrected chi connectivity index (χ0v) is 13.6. The van der Waals surface area contributed by atoms with E-state index in [0.29, 0.717) is 6.04 Å². The highest BCUT2D eigenvalue weighted by Crippen LogP contribution is 2.14. The van der Waals surface area contributed by atoms with Crippen molar-refractivity contribution in [2.75, 3.05) is 12.8 Å². The molecular formula is C19H23N3O. The fourth-order valence-corrected chi connectivity index (χ4v) is 2.19. The Hall–Kier alpha value is -2.75. The zero-order valence-electron chi connectivity index (χ0n) is 13.6. The highest BCUT2D eigenvalue weighted by molar-refractivity contribution is 5.39. The second-order valence-electron chi connectivity index (χ2n) is 5.32. The highest BCUT2D eigenvalue weighted by atomic mass is 16.5. The lowest BCUT2D eigenvalue weighted by atomic mass is 10.1. The molecule has 0 spiro atoms. The van der Waals surface area contributed by atoms with Gasteiger partial charge in [-0.15, -0.1) is 0 Å². The predicted octanol–water partition coefficient (Wildman–Crippen LogP) is 3.96. The fourth-order valence-electron chi connectivity index (χ4n) is 2.19. The van der Waals surface area contributed by atoms with Crippen molar-refractivity contribution in [2.24, 2.45) is 0 Å². The van der Waals surface area contributed by atoms with E-state index in [1.54, 1.807) is 13.3 Å². The molecule has 2 N–H and O–H groups in total. The number of benzene rings is 2. The average molecular weight is 309 g/mol. The maximum atomic E-state index is 5.64. The molecule has 0 fully saturated rings. The van der Waals surface area contributed by atoms with E-state index < -0.39 is 0 Å². The Bertz CT molecular complexity index is 664. The third-order valence-electron chi connectivity index (χ3n) is 3.52. The van der Waals surface area contributed by atoms with Crippen LogP contribution in [0.3, 0.4) is 0 Å². The molecule has 0 saturated carbocycles. The molecule has 3 aromatic rings. The maximum absolute atomic E-state index is 5.64. The number of nitrogens with zero attached hydrogens (tertiary/aromatic N) is 2. The number of anilines is 1. The van der Waals surface area contributed by atoms with Gasteiger partial charge in [0.05, 0.1) is 13.4 Å². The third kappa shape index (κ3) is 5.51. The van der Waals surface area contributed by atoms with Crippen LogP contribution in [-0.2, 0) is 6.42 Å². The van der Waals surface area contributed by atoms with Crippen molar-refractivity contribution in [3.8, 4) is 5.75 Å². The van der Waals surface area contributed by atoms with E-state index in [2.05, 4.69) is 28.6 Å². The number of rotatable bonds is 4. The van der Waals surface area contributed by atoms with E-state index in [1.165, 1.54) is 5.56 Å². The summed E-state index contributed by atoms with van der Waals surface area (Å²) in [5, 5.41) is 0. The first-order valence-electron chi connectivity index (χ1n) is 7.60. The molecule has 0 aliphatic rings. The summed E-state index contributed by atoms with van der Waals surface area (Å²) >= 11 is 0. The topological polar surface area (TPSA) is 53.1 Å². The summed E-state index contributed by atoms with van der Waals surface area (Å²) in [6.45, 7) is 2.18. The van der Waals surface area contributed by atoms with Crippen molar-refractivity contribution >= 4 is 5.69 Å². The lowest BCUT2D eigenvalue weighted by Gasteiger charge is -2.12. The number of para-hydroxylation sites is 1. The van der Waals surface area contributed by atoms with Crippen molar-refractivity contribution in [3.05, 3.63) is 78.9 Å². The summed E-state index contributed by atoms with van der Waals surface area (Å²) in [7, 11) is 1.66. The molecular weight excluding hydrogens is 286 g/mol. The smallest absolute Gasteiger partial charge is 0.118 e. The van der Waals surface area contributed by atoms with Crippen LogP contribution >= 0.6 is 0 Å². The first kappa shape index (κ1) is 16.6. The molecule has 1 heterocycles. The van der Waals surface area contributed by atoms with Gasteiger partial charge in [-0.25, -0.2) is 4.98 Å². The summed E-state index contributed by atoms with van der Waals surface area (Å²) in [6, 6.07) is 18.1. The molecule has 1 aromatic heterocycles. The molecule has 4 nitrogen and oxygen atoms in total. The standard InChI is InChI=1S/C12H15N3.C7H8O/c1-10(15-7-6-14-9-15)8-11-2-4-12(13)5-3-11;1-8-7-5-3-2-4-6-7/h2-7,9-10H,8,13H2,1H3;2-6H,1H3. The number of nitrogen functional groups attached to an aromatic ring is 1. The van der Waals surface area contributed by atoms with Crippen molar-refractivity contribution < 1.29 is 4.74 Å². The fraction of sp³-hybridized carbons (Fsp3) is 0.211. The van der Waals surface area contributed by atoms with Gasteiger partial charge in [0.15, 0.2) is 0 Å². The van der Waals surface area contributed by atoms with Gasteiger partial charge in [0, 0.05) is 24.1 Å². The van der Waals surface area contributed by atoms with Crippen LogP contribution in [-0.4, -0.2) is 16.7 Å². The Morgan fingerprint density at radius 3 is 2.30 bits per heavy atom. The summed E-state index contributed by atoms with van der Waals surface area (Å²) in [5.74, 6) is 0.910. The minimum atomic E-state index is 0.427. The van der Waals surface area contributed by atoms with Gasteiger partial charge < -0.3 is 15.0 Å². The SMILES string of the molecule is CC(Cc1ccc(N)cc1)n1ccnc1.COc1ccccc1. The summed E-state index contributed by atoms with van der Waals surface area (Å²) in [6.07, 6.45) is 6.64. The van der Waals surface area contributed by atoms with Crippen molar-refractivity contribution in [2.45, 2.75) is 19.4 Å². The van der Waals surface area contributed by atoms with Crippen LogP contribution in [0.25, 0.3) is 0 Å². The minimum Gasteiger partial charge on any atom is -0.497 e. The van der Waals surface area contributed by atoms with Gasteiger partial charge in [0.2, 0.25) is 0 Å². The van der Waals surface area contributed by atoms with Crippen LogP contribution in [0.5, 0.6) is 5.75 Å². The predicted molar refractivity (Wildman–Crippen MR) is 94.5 cm³/mol. The zero-order chi connectivity index (χ0) is 16.5. The van der Waals surface area contributed by atoms with Crippen LogP contribution in [0.15, 0.2) is 73.3 Å². The van der Waals surface area contributed by atoms with Gasteiger partial charge >= 0.3 is 0 Å². The van der Waals surface area contributed by atoms with Crippen LogP contribution in [0.2, 0.25) is 0 Å². The molecule has 2 aromatic carbocycles. The van der Waals surface area contributed by atoms with E-state index >= 15 is 0 Å². The summed E-state index contributed by atoms with van der Waals surface area (Å²) in [4.78, 5) is 4.04. The van der Waals surface area contributed by atoms with Crippen LogP contribution in [0.1, 0.15) is 18.5 Å². The van der Waals surface area contributed by atoms with Gasteiger partial charge in [-0.1, -0.05) is 30.3 Å². The summed E-state index contributed by atoms with van der Waals surface area (Å²) < 4.78 is 7.02. The molecule has 0 amide bonds. The third-order valence-corrected chi connectivity index (χ3v) is 3.52. The molecule has 0 bridgehead atoms. The Balaban J connectivity index is 0.000000203. The van der Waals surface area contributed by atoms with Crippen molar-refractivity contribution in [3.63, 3.8) is 0 Å². The number of ether oxygens (including phenoxy) is 1. The second kappa shape index (κ2) is 8.63. The van der Waals surface area contributed by atoms with Crippen molar-refractivity contribution in [1.82, 2.24) is 9.55 Å². The summed E-state index contributed by atoms with van der Waals surface area (Å²) in [5.41, 5.74) is 7.75.